The van der Waals surface area contributed by atoms with Crippen LogP contribution in [-0.4, -0.2) is 27.7 Å². The van der Waals surface area contributed by atoms with Crippen molar-refractivity contribution in [3.05, 3.63) is 69.3 Å². The Morgan fingerprint density at radius 3 is 1.15 bits per heavy atom. The first-order chi connectivity index (χ1) is 19.9. The molecule has 0 aromatic heterocycles. The van der Waals surface area contributed by atoms with Crippen molar-refractivity contribution in [3.8, 4) is 23.0 Å². The fourth-order valence-electron chi connectivity index (χ4n) is 2.74. The van der Waals surface area contributed by atoms with Crippen molar-refractivity contribution < 1.29 is 9.47 Å². The zero-order valence-corrected chi connectivity index (χ0v) is 28.7. The molecule has 3 aromatic rings. The van der Waals surface area contributed by atoms with Crippen LogP contribution in [-0.2, 0) is 0 Å². The quantitative estimate of drug-likeness (QED) is 0.199. The van der Waals surface area contributed by atoms with Crippen LogP contribution in [0.1, 0.15) is 75.2 Å². The molecule has 0 atom stereocenters. The van der Waals surface area contributed by atoms with Crippen LogP contribution in [0.3, 0.4) is 0 Å². The average molecular weight is 608 g/mol. The summed E-state index contributed by atoms with van der Waals surface area (Å²) in [6, 6.07) is 14.9. The fourth-order valence-corrected chi connectivity index (χ4v) is 3.25. The van der Waals surface area contributed by atoms with Gasteiger partial charge in [-0.1, -0.05) is 123 Å². The van der Waals surface area contributed by atoms with Crippen LogP contribution >= 0.6 is 23.2 Å². The van der Waals surface area contributed by atoms with E-state index in [0.29, 0.717) is 55.1 Å². The number of nitrogens with one attached hydrogen (secondary N) is 2. The Labute approximate surface area is 259 Å². The lowest BCUT2D eigenvalue weighted by atomic mass is 10.2. The molecule has 0 unspecified atom stereocenters. The number of nitrogens with zero attached hydrogens (tertiary/aromatic N) is 2. The van der Waals surface area contributed by atoms with Gasteiger partial charge >= 0.3 is 0 Å². The Balaban J connectivity index is 0. The molecule has 2 heterocycles. The van der Waals surface area contributed by atoms with E-state index in [0.717, 1.165) is 6.54 Å². The highest BCUT2D eigenvalue weighted by molar-refractivity contribution is 6.35. The molecule has 0 fully saturated rings. The summed E-state index contributed by atoms with van der Waals surface area (Å²) in [5, 5.41) is 7.25. The summed E-state index contributed by atoms with van der Waals surface area (Å²) >= 11 is 13.1. The summed E-state index contributed by atoms with van der Waals surface area (Å²) in [4.78, 5) is 9.14. The van der Waals surface area contributed by atoms with Crippen LogP contribution in [0.5, 0.6) is 23.0 Å². The van der Waals surface area contributed by atoms with Gasteiger partial charge < -0.3 is 20.1 Å². The molecule has 2 N–H and O–H groups in total. The Hall–Kier alpha value is -2.64. The Bertz CT molecular complexity index is 1140. The molecule has 41 heavy (non-hydrogen) atoms. The van der Waals surface area contributed by atoms with E-state index in [1.165, 1.54) is 12.8 Å². The molecule has 230 valence electrons. The minimum absolute atomic E-state index is 0.331. The molecule has 0 spiro atoms. The monoisotopic (exact) mass is 606 g/mol. The van der Waals surface area contributed by atoms with Gasteiger partial charge in [-0.3, -0.25) is 0 Å². The highest BCUT2D eigenvalue weighted by atomic mass is 35.5. The van der Waals surface area contributed by atoms with Crippen LogP contribution in [0.2, 0.25) is 10.0 Å². The van der Waals surface area contributed by atoms with Gasteiger partial charge in [0.25, 0.3) is 0 Å². The molecule has 0 radical (unpaired) electrons. The van der Waals surface area contributed by atoms with Crippen molar-refractivity contribution in [1.82, 2.24) is 10.6 Å². The minimum atomic E-state index is 0.331. The van der Waals surface area contributed by atoms with Gasteiger partial charge in [0.1, 0.15) is 32.1 Å². The number of fused-ring (bicyclic) bond motifs is 4. The third kappa shape index (κ3) is 12.8. The van der Waals surface area contributed by atoms with Gasteiger partial charge in [-0.15, -0.1) is 0 Å². The van der Waals surface area contributed by atoms with Gasteiger partial charge in [0.15, 0.2) is 23.0 Å². The second kappa shape index (κ2) is 25.1. The van der Waals surface area contributed by atoms with Crippen molar-refractivity contribution in [2.24, 2.45) is 9.98 Å². The molecule has 8 heteroatoms. The number of rotatable bonds is 1. The van der Waals surface area contributed by atoms with Crippen molar-refractivity contribution in [3.63, 3.8) is 0 Å². The summed E-state index contributed by atoms with van der Waals surface area (Å²) in [7, 11) is 5.68. The van der Waals surface area contributed by atoms with E-state index in [4.69, 9.17) is 32.7 Å². The second-order valence-electron chi connectivity index (χ2n) is 7.97. The lowest BCUT2D eigenvalue weighted by Crippen LogP contribution is -2.22. The smallest absolute Gasteiger partial charge is 0.175 e. The number of hydrogen-bond donors (Lipinski definition) is 2. The Kier molecular flexibility index (Phi) is 24.8. The number of ether oxygens (including phenoxy) is 2. The van der Waals surface area contributed by atoms with Gasteiger partial charge in [-0.2, -0.15) is 0 Å². The molecule has 0 saturated heterocycles. The third-order valence-electron chi connectivity index (χ3n) is 4.22. The lowest BCUT2D eigenvalue weighted by Gasteiger charge is -2.20. The Morgan fingerprint density at radius 1 is 0.610 bits per heavy atom. The van der Waals surface area contributed by atoms with E-state index in [-0.39, 0.29) is 0 Å². The first-order valence-electron chi connectivity index (χ1n) is 14.6. The van der Waals surface area contributed by atoms with Crippen LogP contribution < -0.4 is 30.8 Å². The first kappa shape index (κ1) is 40.5. The van der Waals surface area contributed by atoms with Crippen molar-refractivity contribution >= 4 is 34.6 Å². The zero-order chi connectivity index (χ0) is 31.8. The first-order valence-corrected chi connectivity index (χ1v) is 15.4. The predicted molar refractivity (Wildman–Crippen MR) is 180 cm³/mol. The predicted octanol–water partition coefficient (Wildman–Crippen LogP) is 10.1. The van der Waals surface area contributed by atoms with E-state index >= 15 is 0 Å². The van der Waals surface area contributed by atoms with Crippen LogP contribution in [0, 0.1) is 0 Å². The fraction of sp³-hybridized carbons (Fsp3) is 0.455. The number of hydrogen-bond acceptors (Lipinski definition) is 6. The molecule has 0 aliphatic carbocycles. The number of halogens is 2. The second-order valence-corrected chi connectivity index (χ2v) is 8.72. The molecule has 5 rings (SSSR count). The molecule has 0 saturated carbocycles. The normalized spacial score (nSPS) is 10.0. The van der Waals surface area contributed by atoms with E-state index in [1.807, 2.05) is 97.4 Å². The van der Waals surface area contributed by atoms with E-state index in [1.54, 1.807) is 0 Å². The zero-order valence-electron chi connectivity index (χ0n) is 27.2. The van der Waals surface area contributed by atoms with E-state index < -0.39 is 0 Å². The molecular formula is C33H52Cl2N4O2. The van der Waals surface area contributed by atoms with Crippen LogP contribution in [0.25, 0.3) is 0 Å². The molecule has 2 aliphatic rings. The van der Waals surface area contributed by atoms with Gasteiger partial charge in [0, 0.05) is 0 Å². The summed E-state index contributed by atoms with van der Waals surface area (Å²) in [5.41, 5.74) is 1.38. The third-order valence-corrected chi connectivity index (χ3v) is 4.92. The van der Waals surface area contributed by atoms with E-state index in [9.17, 15) is 0 Å². The van der Waals surface area contributed by atoms with Gasteiger partial charge in [-0.25, -0.2) is 9.98 Å². The SMILES string of the molecule is CC.CC.CCC.CCC.CCNC.CNC.Clc1c2c(c(Cl)c3c1=Nc1ccccc1O3)=Nc1ccccc1O2. The minimum Gasteiger partial charge on any atom is -0.451 e. The van der Waals surface area contributed by atoms with Crippen LogP contribution in [0.15, 0.2) is 58.5 Å². The highest BCUT2D eigenvalue weighted by Gasteiger charge is 2.26. The highest BCUT2D eigenvalue weighted by Crippen LogP contribution is 2.42. The van der Waals surface area contributed by atoms with Crippen molar-refractivity contribution in [1.29, 1.82) is 0 Å². The molecule has 3 aromatic carbocycles. The van der Waals surface area contributed by atoms with Crippen molar-refractivity contribution in [2.45, 2.75) is 75.2 Å². The number of benzene rings is 3. The maximum Gasteiger partial charge on any atom is 0.175 e. The maximum absolute atomic E-state index is 6.53. The lowest BCUT2D eigenvalue weighted by molar-refractivity contribution is 0.451. The molecule has 2 aliphatic heterocycles. The standard InChI is InChI=1S/C18H8Cl2N2O2.C3H9N.2C3H8.C2H7N.2C2H6/c19-13-15-17(23-11-7-3-1-5-9(11)21-15)14(20)16-18(13)24-12-8-4-2-6-10(12)22-16;1-3-4-2;3*1-3-2;2*1-2/h1-8H;4H,3H2,1-2H3;2*3H2,1-2H3;3H,1-2H3;2*1-2H3. The largest absolute Gasteiger partial charge is 0.451 e. The van der Waals surface area contributed by atoms with Crippen LogP contribution in [0.4, 0.5) is 11.4 Å². The molecule has 0 amide bonds. The number of para-hydroxylation sites is 4. The average Bonchev–Trinajstić information content (AvgIpc) is 3.02. The van der Waals surface area contributed by atoms with Gasteiger partial charge in [0.05, 0.1) is 0 Å². The summed E-state index contributed by atoms with van der Waals surface area (Å²) < 4.78 is 11.8. The summed E-state index contributed by atoms with van der Waals surface area (Å²) in [6.07, 6.45) is 2.50. The summed E-state index contributed by atoms with van der Waals surface area (Å²) in [5.74, 6) is 2.04. The topological polar surface area (TPSA) is 67.2 Å². The van der Waals surface area contributed by atoms with Gasteiger partial charge in [-0.05, 0) is 52.0 Å². The van der Waals surface area contributed by atoms with Gasteiger partial charge in [0.2, 0.25) is 0 Å². The summed E-state index contributed by atoms with van der Waals surface area (Å²) in [6.45, 7) is 19.6. The molecular weight excluding hydrogens is 555 g/mol. The van der Waals surface area contributed by atoms with Crippen molar-refractivity contribution in [2.75, 3.05) is 27.7 Å². The Morgan fingerprint density at radius 2 is 0.878 bits per heavy atom. The maximum atomic E-state index is 6.53. The molecule has 0 bridgehead atoms. The molecule has 6 nitrogen and oxygen atoms in total. The van der Waals surface area contributed by atoms with E-state index in [2.05, 4.69) is 55.2 Å².